The minimum Gasteiger partial charge on any atom is -0.544 e. The summed E-state index contributed by atoms with van der Waals surface area (Å²) in [5, 5.41) is 9.14. The van der Waals surface area contributed by atoms with Crippen LogP contribution in [0.2, 0.25) is 0 Å². The van der Waals surface area contributed by atoms with Gasteiger partial charge < -0.3 is 15.6 Å². The lowest BCUT2D eigenvalue weighted by molar-refractivity contribution is -0.361. The molecule has 0 aromatic carbocycles. The van der Waals surface area contributed by atoms with Crippen molar-refractivity contribution >= 4 is 5.97 Å². The van der Waals surface area contributed by atoms with Crippen LogP contribution >= 0.6 is 0 Å². The summed E-state index contributed by atoms with van der Waals surface area (Å²) in [5.41, 5.74) is 2.90. The van der Waals surface area contributed by atoms with Gasteiger partial charge in [-0.05, 0) is 0 Å². The summed E-state index contributed by atoms with van der Waals surface area (Å²) < 4.78 is 0. The predicted octanol–water partition coefficient (Wildman–Crippen LogP) is -2.86. The molecule has 0 aliphatic heterocycles. The quantitative estimate of drug-likeness (QED) is 0.363. The van der Waals surface area contributed by atoms with Crippen LogP contribution in [0.3, 0.4) is 0 Å². The lowest BCUT2D eigenvalue weighted by atomic mass is 10.7. The molecule has 0 aromatic heterocycles. The summed E-state index contributed by atoms with van der Waals surface area (Å²) in [6.07, 6.45) is 0. The van der Waals surface area contributed by atoms with Crippen molar-refractivity contribution in [3.05, 3.63) is 6.54 Å². The molecule has 0 atom stereocenters. The zero-order valence-electron chi connectivity index (χ0n) is 2.60. The SMILES string of the molecule is [NH3+][CH]C(=O)[O-]. The van der Waals surface area contributed by atoms with E-state index in [1.165, 1.54) is 0 Å². The van der Waals surface area contributed by atoms with Crippen molar-refractivity contribution in [1.82, 2.24) is 0 Å². The van der Waals surface area contributed by atoms with E-state index in [0.29, 0.717) is 0 Å². The third-order valence-corrected chi connectivity index (χ3v) is 0.167. The van der Waals surface area contributed by atoms with Crippen LogP contribution in [-0.4, -0.2) is 5.97 Å². The van der Waals surface area contributed by atoms with Crippen LogP contribution in [0.4, 0.5) is 0 Å². The van der Waals surface area contributed by atoms with Gasteiger partial charge in [0.2, 0.25) is 0 Å². The summed E-state index contributed by atoms with van der Waals surface area (Å²) in [7, 11) is 0. The molecule has 0 spiro atoms. The second-order valence-electron chi connectivity index (χ2n) is 0.523. The highest BCUT2D eigenvalue weighted by Crippen LogP contribution is 1.40. The standard InChI is InChI=1S/C2H5NO2/c3-1-2(4)5/h1H,3H3,(H,4,5)/q+1/p-1. The first kappa shape index (κ1) is 4.43. The Hall–Kier alpha value is -0.570. The maximum absolute atomic E-state index is 9.14. The average molecular weight is 74.1 g/mol. The first-order chi connectivity index (χ1) is 2.27. The van der Waals surface area contributed by atoms with E-state index in [0.717, 1.165) is 6.54 Å². The molecule has 3 N–H and O–H groups in total. The second-order valence-corrected chi connectivity index (χ2v) is 0.523. The molecule has 0 heterocycles. The van der Waals surface area contributed by atoms with Gasteiger partial charge in [0.1, 0.15) is 5.97 Å². The summed E-state index contributed by atoms with van der Waals surface area (Å²) >= 11 is 0. The molecule has 0 saturated heterocycles. The van der Waals surface area contributed by atoms with Crippen LogP contribution in [0.5, 0.6) is 0 Å². The van der Waals surface area contributed by atoms with Crippen molar-refractivity contribution in [2.24, 2.45) is 0 Å². The first-order valence-corrected chi connectivity index (χ1v) is 1.11. The van der Waals surface area contributed by atoms with E-state index in [2.05, 4.69) is 5.73 Å². The molecule has 0 aliphatic carbocycles. The van der Waals surface area contributed by atoms with Gasteiger partial charge in [-0.25, -0.2) is 0 Å². The zero-order chi connectivity index (χ0) is 4.28. The Balaban J connectivity index is 2.85. The minimum absolute atomic E-state index is 0.722. The highest BCUT2D eigenvalue weighted by Gasteiger charge is 1.72. The highest BCUT2D eigenvalue weighted by molar-refractivity contribution is 5.71. The van der Waals surface area contributed by atoms with Gasteiger partial charge in [-0.2, -0.15) is 0 Å². The molecular weight excluding hydrogens is 70.0 g/mol. The largest absolute Gasteiger partial charge is 0.544 e. The molecule has 0 amide bonds. The molecule has 0 aromatic rings. The van der Waals surface area contributed by atoms with E-state index in [4.69, 9.17) is 9.90 Å². The fourth-order valence-electron chi connectivity index (χ4n) is 0. The van der Waals surface area contributed by atoms with Crippen LogP contribution in [-0.2, 0) is 4.79 Å². The number of carboxylic acid groups (broad SMARTS) is 1. The minimum atomic E-state index is -1.23. The van der Waals surface area contributed by atoms with E-state index >= 15 is 0 Å². The monoisotopic (exact) mass is 74.0 g/mol. The van der Waals surface area contributed by atoms with Gasteiger partial charge in [-0.1, -0.05) is 0 Å². The van der Waals surface area contributed by atoms with Crippen LogP contribution in [0.15, 0.2) is 0 Å². The van der Waals surface area contributed by atoms with E-state index in [9.17, 15) is 0 Å². The lowest BCUT2D eigenvalue weighted by Gasteiger charge is -1.82. The molecule has 1 radical (unpaired) electrons. The Morgan fingerprint density at radius 3 is 2.20 bits per heavy atom. The van der Waals surface area contributed by atoms with Gasteiger partial charge in [0.05, 0.1) is 0 Å². The Bertz CT molecular complexity index is 42.9. The highest BCUT2D eigenvalue weighted by atomic mass is 16.4. The molecule has 0 unspecified atom stereocenters. The van der Waals surface area contributed by atoms with Crippen LogP contribution in [0.25, 0.3) is 0 Å². The number of carbonyl (C=O) groups excluding carboxylic acids is 1. The summed E-state index contributed by atoms with van der Waals surface area (Å²) in [5.74, 6) is -1.23. The summed E-state index contributed by atoms with van der Waals surface area (Å²) in [4.78, 5) is 9.14. The lowest BCUT2D eigenvalue weighted by Crippen LogP contribution is -2.52. The second kappa shape index (κ2) is 1.72. The normalized spacial score (nSPS) is 7.40. The van der Waals surface area contributed by atoms with E-state index in [1.54, 1.807) is 0 Å². The van der Waals surface area contributed by atoms with Crippen molar-refractivity contribution in [3.8, 4) is 0 Å². The maximum Gasteiger partial charge on any atom is 0.182 e. The average Bonchev–Trinajstić information content (AvgIpc) is 1.38. The maximum atomic E-state index is 9.14. The summed E-state index contributed by atoms with van der Waals surface area (Å²) in [6.45, 7) is 0.722. The predicted molar refractivity (Wildman–Crippen MR) is 12.2 cm³/mol. The van der Waals surface area contributed by atoms with E-state index in [-0.39, 0.29) is 0 Å². The fourth-order valence-corrected chi connectivity index (χ4v) is 0. The van der Waals surface area contributed by atoms with Gasteiger partial charge in [0.15, 0.2) is 6.54 Å². The van der Waals surface area contributed by atoms with Gasteiger partial charge in [-0.15, -0.1) is 0 Å². The molecule has 0 bridgehead atoms. The smallest absolute Gasteiger partial charge is 0.182 e. The molecule has 0 fully saturated rings. The first-order valence-electron chi connectivity index (χ1n) is 1.11. The van der Waals surface area contributed by atoms with Crippen molar-refractivity contribution < 1.29 is 15.6 Å². The van der Waals surface area contributed by atoms with Crippen LogP contribution in [0, 0.1) is 6.54 Å². The van der Waals surface area contributed by atoms with Crippen molar-refractivity contribution in [1.29, 1.82) is 0 Å². The van der Waals surface area contributed by atoms with E-state index in [1.807, 2.05) is 0 Å². The molecule has 3 heteroatoms. The molecule has 0 rings (SSSR count). The van der Waals surface area contributed by atoms with Gasteiger partial charge in [0.25, 0.3) is 0 Å². The number of aliphatic carboxylic acids is 1. The molecular formula is C2H4NO2. The van der Waals surface area contributed by atoms with Gasteiger partial charge >= 0.3 is 0 Å². The van der Waals surface area contributed by atoms with Crippen LogP contribution < -0.4 is 10.8 Å². The third-order valence-electron chi connectivity index (χ3n) is 0.167. The van der Waals surface area contributed by atoms with Crippen molar-refractivity contribution in [3.63, 3.8) is 0 Å². The third kappa shape index (κ3) is 3.43. The number of quaternary nitrogens is 1. The Labute approximate surface area is 29.4 Å². The number of hydrogen-bond donors (Lipinski definition) is 1. The number of hydrogen-bond acceptors (Lipinski definition) is 2. The summed E-state index contributed by atoms with van der Waals surface area (Å²) in [6, 6.07) is 0. The molecule has 3 nitrogen and oxygen atoms in total. The fraction of sp³-hybridized carbons (Fsp3) is 0. The van der Waals surface area contributed by atoms with Crippen molar-refractivity contribution in [2.75, 3.05) is 0 Å². The topological polar surface area (TPSA) is 67.8 Å². The number of carbonyl (C=O) groups is 1. The molecule has 5 heavy (non-hydrogen) atoms. The van der Waals surface area contributed by atoms with Crippen molar-refractivity contribution in [2.45, 2.75) is 0 Å². The van der Waals surface area contributed by atoms with Crippen LogP contribution in [0.1, 0.15) is 0 Å². The molecule has 0 saturated carbocycles. The van der Waals surface area contributed by atoms with Gasteiger partial charge in [0, 0.05) is 0 Å². The van der Waals surface area contributed by atoms with E-state index < -0.39 is 5.97 Å². The zero-order valence-corrected chi connectivity index (χ0v) is 2.60. The molecule has 0 aliphatic rings. The number of carboxylic acids is 1. The molecule has 29 valence electrons. The Morgan fingerprint density at radius 2 is 2.20 bits per heavy atom. The van der Waals surface area contributed by atoms with Gasteiger partial charge in [-0.3, -0.25) is 0 Å². The number of rotatable bonds is 1. The Morgan fingerprint density at radius 1 is 2.00 bits per heavy atom. The Kier molecular flexibility index (Phi) is 1.53.